The molecule has 1 amide bonds. The number of rotatable bonds is 3. The van der Waals surface area contributed by atoms with Gasteiger partial charge in [-0.05, 0) is 34.1 Å². The Morgan fingerprint density at radius 1 is 1.29 bits per heavy atom. The summed E-state index contributed by atoms with van der Waals surface area (Å²) >= 11 is 8.72. The molecule has 110 valence electrons. The van der Waals surface area contributed by atoms with Gasteiger partial charge in [0.2, 0.25) is 0 Å². The highest BCUT2D eigenvalue weighted by atomic mass is 79.9. The highest BCUT2D eigenvalue weighted by Crippen LogP contribution is 2.27. The average Bonchev–Trinajstić information content (AvgIpc) is 2.41. The van der Waals surface area contributed by atoms with E-state index in [1.165, 1.54) is 12.1 Å². The summed E-state index contributed by atoms with van der Waals surface area (Å²) in [4.78, 5) is 15.9. The van der Waals surface area contributed by atoms with E-state index >= 15 is 0 Å². The lowest BCUT2D eigenvalue weighted by atomic mass is 10.2. The van der Waals surface area contributed by atoms with Crippen LogP contribution in [0.5, 0.6) is 0 Å². The van der Waals surface area contributed by atoms with Crippen LogP contribution < -0.4 is 16.6 Å². The molecule has 5 nitrogen and oxygen atoms in total. The van der Waals surface area contributed by atoms with Crippen molar-refractivity contribution in [1.29, 1.82) is 0 Å². The number of benzene rings is 1. The number of anilines is 2. The molecule has 1 heterocycles. The van der Waals surface area contributed by atoms with Gasteiger partial charge in [0.25, 0.3) is 5.91 Å². The van der Waals surface area contributed by atoms with Crippen LogP contribution >= 0.6 is 27.5 Å². The Morgan fingerprint density at radius 3 is 2.62 bits per heavy atom. The van der Waals surface area contributed by atoms with Gasteiger partial charge in [-0.1, -0.05) is 11.6 Å². The summed E-state index contributed by atoms with van der Waals surface area (Å²) in [6, 6.07) is 4.31. The third-order valence-corrected chi connectivity index (χ3v) is 3.27. The molecule has 0 fully saturated rings. The predicted octanol–water partition coefficient (Wildman–Crippen LogP) is 3.31. The molecule has 0 spiro atoms. The molecule has 0 bridgehead atoms. The fraction of sp³-hybridized carbons (Fsp3) is 0. The van der Waals surface area contributed by atoms with Crippen LogP contribution in [0.1, 0.15) is 10.4 Å². The minimum atomic E-state index is -0.910. The van der Waals surface area contributed by atoms with Crippen molar-refractivity contribution < 1.29 is 13.6 Å². The van der Waals surface area contributed by atoms with Crippen LogP contribution in [0, 0.1) is 11.6 Å². The molecule has 0 radical (unpaired) electrons. The van der Waals surface area contributed by atoms with Gasteiger partial charge in [0, 0.05) is 16.1 Å². The molecule has 0 aliphatic heterocycles. The van der Waals surface area contributed by atoms with Crippen LogP contribution in [0.3, 0.4) is 0 Å². The zero-order valence-corrected chi connectivity index (χ0v) is 12.6. The molecule has 2 aromatic rings. The van der Waals surface area contributed by atoms with Gasteiger partial charge in [-0.2, -0.15) is 0 Å². The monoisotopic (exact) mass is 376 g/mol. The third-order valence-electron chi connectivity index (χ3n) is 2.45. The summed E-state index contributed by atoms with van der Waals surface area (Å²) in [6.45, 7) is 0. The summed E-state index contributed by atoms with van der Waals surface area (Å²) < 4.78 is 26.7. The summed E-state index contributed by atoms with van der Waals surface area (Å²) in [5, 5.41) is 2.35. The van der Waals surface area contributed by atoms with E-state index in [2.05, 4.69) is 31.7 Å². The van der Waals surface area contributed by atoms with E-state index in [-0.39, 0.29) is 26.7 Å². The fourth-order valence-corrected chi connectivity index (χ4v) is 2.27. The lowest BCUT2D eigenvalue weighted by Gasteiger charge is -2.10. The minimum absolute atomic E-state index is 0.0363. The second kappa shape index (κ2) is 6.33. The molecule has 0 atom stereocenters. The molecule has 0 saturated heterocycles. The third kappa shape index (κ3) is 3.66. The maximum Gasteiger partial charge on any atom is 0.256 e. The second-order valence-corrected chi connectivity index (χ2v) is 5.15. The standard InChI is InChI=1S/C12H8BrClF2N4O/c13-7-3-6(15)4-8(16)11(7)19-12(21)5-1-9(14)18-10(2-5)20-17/h1-4H,17H2,(H,18,20)(H,19,21). The quantitative estimate of drug-likeness (QED) is 0.435. The highest BCUT2D eigenvalue weighted by Gasteiger charge is 2.15. The maximum absolute atomic E-state index is 13.7. The molecule has 0 aliphatic carbocycles. The van der Waals surface area contributed by atoms with Crippen molar-refractivity contribution in [3.8, 4) is 0 Å². The van der Waals surface area contributed by atoms with Gasteiger partial charge in [-0.25, -0.2) is 19.6 Å². The van der Waals surface area contributed by atoms with Crippen LogP contribution in [-0.2, 0) is 0 Å². The molecule has 21 heavy (non-hydrogen) atoms. The van der Waals surface area contributed by atoms with E-state index in [9.17, 15) is 13.6 Å². The van der Waals surface area contributed by atoms with Crippen molar-refractivity contribution in [2.24, 2.45) is 5.84 Å². The van der Waals surface area contributed by atoms with Crippen molar-refractivity contribution in [1.82, 2.24) is 4.98 Å². The first kappa shape index (κ1) is 15.6. The number of hydrogen-bond donors (Lipinski definition) is 3. The summed E-state index contributed by atoms with van der Waals surface area (Å²) in [7, 11) is 0. The number of nitrogens with zero attached hydrogens (tertiary/aromatic N) is 1. The molecule has 0 unspecified atom stereocenters. The van der Waals surface area contributed by atoms with Crippen LogP contribution in [0.2, 0.25) is 5.15 Å². The van der Waals surface area contributed by atoms with Crippen molar-refractivity contribution in [2.45, 2.75) is 0 Å². The number of aromatic nitrogens is 1. The normalized spacial score (nSPS) is 10.3. The molecule has 0 aliphatic rings. The Balaban J connectivity index is 2.32. The van der Waals surface area contributed by atoms with Crippen LogP contribution in [-0.4, -0.2) is 10.9 Å². The summed E-state index contributed by atoms with van der Waals surface area (Å²) in [5.41, 5.74) is 2.17. The Morgan fingerprint density at radius 2 is 2.00 bits per heavy atom. The zero-order valence-electron chi connectivity index (χ0n) is 10.3. The van der Waals surface area contributed by atoms with E-state index in [1.54, 1.807) is 0 Å². The highest BCUT2D eigenvalue weighted by molar-refractivity contribution is 9.10. The molecule has 1 aromatic carbocycles. The Bertz CT molecular complexity index is 691. The van der Waals surface area contributed by atoms with Gasteiger partial charge in [0.1, 0.15) is 16.8 Å². The Hall–Kier alpha value is -1.77. The predicted molar refractivity (Wildman–Crippen MR) is 79.1 cm³/mol. The molecular weight excluding hydrogens is 370 g/mol. The van der Waals surface area contributed by atoms with Crippen LogP contribution in [0.25, 0.3) is 0 Å². The number of hydrazine groups is 1. The lowest BCUT2D eigenvalue weighted by molar-refractivity contribution is 0.102. The zero-order chi connectivity index (χ0) is 15.6. The van der Waals surface area contributed by atoms with Gasteiger partial charge >= 0.3 is 0 Å². The van der Waals surface area contributed by atoms with Gasteiger partial charge in [-0.3, -0.25) is 4.79 Å². The Kier molecular flexibility index (Phi) is 4.71. The van der Waals surface area contributed by atoms with E-state index in [1.807, 2.05) is 0 Å². The van der Waals surface area contributed by atoms with Crippen molar-refractivity contribution in [3.05, 3.63) is 51.1 Å². The minimum Gasteiger partial charge on any atom is -0.319 e. The fourth-order valence-electron chi connectivity index (χ4n) is 1.55. The molecular formula is C12H8BrClF2N4O. The van der Waals surface area contributed by atoms with Crippen molar-refractivity contribution in [3.63, 3.8) is 0 Å². The van der Waals surface area contributed by atoms with E-state index in [0.29, 0.717) is 6.07 Å². The number of hydrogen-bond acceptors (Lipinski definition) is 4. The molecule has 1 aromatic heterocycles. The number of carbonyl (C=O) groups is 1. The van der Waals surface area contributed by atoms with Gasteiger partial charge in [0.15, 0.2) is 5.82 Å². The largest absolute Gasteiger partial charge is 0.319 e. The van der Waals surface area contributed by atoms with E-state index < -0.39 is 17.5 Å². The van der Waals surface area contributed by atoms with Gasteiger partial charge in [0.05, 0.1) is 5.69 Å². The maximum atomic E-state index is 13.7. The number of halogens is 4. The number of amides is 1. The number of nitrogen functional groups attached to an aromatic ring is 1. The summed E-state index contributed by atoms with van der Waals surface area (Å²) in [5.74, 6) is 3.04. The van der Waals surface area contributed by atoms with Crippen LogP contribution in [0.4, 0.5) is 20.3 Å². The second-order valence-electron chi connectivity index (χ2n) is 3.91. The number of pyridine rings is 1. The topological polar surface area (TPSA) is 80.0 Å². The van der Waals surface area contributed by atoms with E-state index in [0.717, 1.165) is 6.07 Å². The lowest BCUT2D eigenvalue weighted by Crippen LogP contribution is -2.16. The number of carbonyl (C=O) groups excluding carboxylic acids is 1. The van der Waals surface area contributed by atoms with Gasteiger partial charge < -0.3 is 10.7 Å². The van der Waals surface area contributed by atoms with Crippen LogP contribution in [0.15, 0.2) is 28.7 Å². The molecule has 0 saturated carbocycles. The smallest absolute Gasteiger partial charge is 0.256 e. The molecule has 4 N–H and O–H groups in total. The van der Waals surface area contributed by atoms with Crippen molar-refractivity contribution >= 4 is 44.9 Å². The van der Waals surface area contributed by atoms with E-state index in [4.69, 9.17) is 17.4 Å². The molecule has 9 heteroatoms. The van der Waals surface area contributed by atoms with Gasteiger partial charge in [-0.15, -0.1) is 0 Å². The Labute approximate surface area is 131 Å². The first-order valence-electron chi connectivity index (χ1n) is 5.51. The number of nitrogens with one attached hydrogen (secondary N) is 2. The first-order valence-corrected chi connectivity index (χ1v) is 6.68. The SMILES string of the molecule is NNc1cc(C(=O)Nc2c(F)cc(F)cc2Br)cc(Cl)n1. The number of nitrogens with two attached hydrogens (primary N) is 1. The average molecular weight is 378 g/mol. The van der Waals surface area contributed by atoms with Crippen molar-refractivity contribution in [2.75, 3.05) is 10.7 Å². The summed E-state index contributed by atoms with van der Waals surface area (Å²) in [6.07, 6.45) is 0. The molecule has 2 rings (SSSR count). The first-order chi connectivity index (χ1) is 9.90.